The van der Waals surface area contributed by atoms with Gasteiger partial charge in [0.1, 0.15) is 5.75 Å². The quantitative estimate of drug-likeness (QED) is 0.222. The minimum Gasteiger partial charge on any atom is -0.435 e. The highest BCUT2D eigenvalue weighted by Crippen LogP contribution is 2.16. The van der Waals surface area contributed by atoms with Gasteiger partial charge in [-0.15, -0.1) is 24.0 Å². The molecule has 0 aliphatic carbocycles. The minimum atomic E-state index is -3.31. The molecule has 0 atom stereocenters. The van der Waals surface area contributed by atoms with Crippen molar-refractivity contribution in [2.24, 2.45) is 4.99 Å². The highest BCUT2D eigenvalue weighted by Gasteiger charge is 2.14. The smallest absolute Gasteiger partial charge is 0.387 e. The lowest BCUT2D eigenvalue weighted by Crippen LogP contribution is -2.39. The fourth-order valence-corrected chi connectivity index (χ4v) is 4.05. The van der Waals surface area contributed by atoms with Crippen LogP contribution in [0.2, 0.25) is 0 Å². The summed E-state index contributed by atoms with van der Waals surface area (Å²) < 4.78 is 53.3. The van der Waals surface area contributed by atoms with Crippen LogP contribution in [0.25, 0.3) is 0 Å². The van der Waals surface area contributed by atoms with E-state index < -0.39 is 16.4 Å². The van der Waals surface area contributed by atoms with E-state index in [1.807, 2.05) is 11.9 Å². The average Bonchev–Trinajstić information content (AvgIpc) is 2.69. The second kappa shape index (κ2) is 12.7. The minimum absolute atomic E-state index is 0. The number of nitrogens with one attached hydrogen (secondary N) is 1. The van der Waals surface area contributed by atoms with Crippen LogP contribution in [-0.2, 0) is 16.4 Å². The Labute approximate surface area is 193 Å². The molecule has 0 saturated heterocycles. The van der Waals surface area contributed by atoms with Crippen molar-refractivity contribution in [2.45, 2.75) is 24.5 Å². The summed E-state index contributed by atoms with van der Waals surface area (Å²) in [5.41, 5.74) is 0.892. The number of guanidine groups is 1. The van der Waals surface area contributed by atoms with Gasteiger partial charge in [0.15, 0.2) is 15.8 Å². The zero-order valence-corrected chi connectivity index (χ0v) is 19.9. The molecule has 0 saturated carbocycles. The third-order valence-corrected chi connectivity index (χ3v) is 5.93. The maximum atomic E-state index is 12.3. The number of aliphatic imine (C=N–C) groups is 1. The molecular formula is C20H26F2IN3O3S. The van der Waals surface area contributed by atoms with Crippen molar-refractivity contribution in [3.05, 3.63) is 60.2 Å². The van der Waals surface area contributed by atoms with Crippen molar-refractivity contribution in [2.75, 3.05) is 26.4 Å². The van der Waals surface area contributed by atoms with Crippen molar-refractivity contribution in [1.82, 2.24) is 10.2 Å². The molecule has 0 aliphatic heterocycles. The summed E-state index contributed by atoms with van der Waals surface area (Å²) in [5.74, 6) is 0.750. The third kappa shape index (κ3) is 8.42. The largest absolute Gasteiger partial charge is 0.435 e. The Hall–Kier alpha value is -1.95. The Balaban J connectivity index is 0.00000450. The van der Waals surface area contributed by atoms with Gasteiger partial charge >= 0.3 is 6.61 Å². The van der Waals surface area contributed by atoms with E-state index in [2.05, 4.69) is 15.0 Å². The number of halogens is 3. The first-order chi connectivity index (χ1) is 13.8. The van der Waals surface area contributed by atoms with Gasteiger partial charge in [-0.2, -0.15) is 8.78 Å². The van der Waals surface area contributed by atoms with E-state index >= 15 is 0 Å². The number of rotatable bonds is 9. The topological polar surface area (TPSA) is 71.0 Å². The normalized spacial score (nSPS) is 11.7. The highest BCUT2D eigenvalue weighted by molar-refractivity contribution is 14.0. The van der Waals surface area contributed by atoms with Gasteiger partial charge in [-0.05, 0) is 36.2 Å². The predicted molar refractivity (Wildman–Crippen MR) is 124 cm³/mol. The monoisotopic (exact) mass is 553 g/mol. The summed E-state index contributed by atoms with van der Waals surface area (Å²) in [6, 6.07) is 14.7. The summed E-state index contributed by atoms with van der Waals surface area (Å²) in [4.78, 5) is 6.37. The molecule has 0 aromatic heterocycles. The van der Waals surface area contributed by atoms with Gasteiger partial charge in [-0.3, -0.25) is 4.99 Å². The molecule has 0 fully saturated rings. The molecule has 2 aromatic carbocycles. The number of benzene rings is 2. The lowest BCUT2D eigenvalue weighted by molar-refractivity contribution is -0.0498. The van der Waals surface area contributed by atoms with E-state index in [1.54, 1.807) is 49.5 Å². The molecule has 166 valence electrons. The molecule has 0 bridgehead atoms. The zero-order valence-electron chi connectivity index (χ0n) is 16.8. The Morgan fingerprint density at radius 1 is 1.13 bits per heavy atom. The molecule has 0 amide bonds. The van der Waals surface area contributed by atoms with Gasteiger partial charge < -0.3 is 15.0 Å². The van der Waals surface area contributed by atoms with Gasteiger partial charge in [0.05, 0.1) is 10.6 Å². The summed E-state index contributed by atoms with van der Waals surface area (Å²) in [6.45, 7) is -1.90. The fourth-order valence-electron chi connectivity index (χ4n) is 2.72. The molecular weight excluding hydrogens is 527 g/mol. The van der Waals surface area contributed by atoms with E-state index in [4.69, 9.17) is 0 Å². The first kappa shape index (κ1) is 26.1. The van der Waals surface area contributed by atoms with Crippen LogP contribution in [0.3, 0.4) is 0 Å². The number of alkyl halides is 2. The Kier molecular flexibility index (Phi) is 11.0. The number of ether oxygens (including phenoxy) is 1. The molecule has 0 radical (unpaired) electrons. The van der Waals surface area contributed by atoms with Gasteiger partial charge in [-0.1, -0.05) is 30.3 Å². The van der Waals surface area contributed by atoms with Gasteiger partial charge in [0, 0.05) is 27.2 Å². The average molecular weight is 553 g/mol. The fraction of sp³-hybridized carbons (Fsp3) is 0.350. The summed E-state index contributed by atoms with van der Waals surface area (Å²) in [5, 5.41) is 3.14. The number of sulfone groups is 1. The van der Waals surface area contributed by atoms with E-state index in [9.17, 15) is 17.2 Å². The van der Waals surface area contributed by atoms with Crippen LogP contribution in [0.4, 0.5) is 8.78 Å². The van der Waals surface area contributed by atoms with Crippen LogP contribution in [0, 0.1) is 0 Å². The van der Waals surface area contributed by atoms with Gasteiger partial charge in [-0.25, -0.2) is 8.42 Å². The molecule has 10 heteroatoms. The predicted octanol–water partition coefficient (Wildman–Crippen LogP) is 3.78. The molecule has 0 aliphatic rings. The second-order valence-corrected chi connectivity index (χ2v) is 8.45. The van der Waals surface area contributed by atoms with Crippen LogP contribution >= 0.6 is 24.0 Å². The summed E-state index contributed by atoms with van der Waals surface area (Å²) >= 11 is 0. The standard InChI is InChI=1S/C20H25F2N3O3S.HI/c1-23-20(24-13-6-14-29(26,27)18-7-4-3-5-8-18)25(2)15-16-9-11-17(12-10-16)28-19(21)22;/h3-5,7-12,19H,6,13-15H2,1-2H3,(H,23,24);1H. The highest BCUT2D eigenvalue weighted by atomic mass is 127. The Bertz CT molecular complexity index is 895. The number of hydrogen-bond acceptors (Lipinski definition) is 4. The van der Waals surface area contributed by atoms with Crippen LogP contribution in [0.1, 0.15) is 12.0 Å². The van der Waals surface area contributed by atoms with Crippen molar-refractivity contribution < 1.29 is 21.9 Å². The maximum Gasteiger partial charge on any atom is 0.387 e. The molecule has 1 N–H and O–H groups in total. The molecule has 30 heavy (non-hydrogen) atoms. The lowest BCUT2D eigenvalue weighted by atomic mass is 10.2. The summed E-state index contributed by atoms with van der Waals surface area (Å²) in [6.07, 6.45) is 0.434. The maximum absolute atomic E-state index is 12.3. The third-order valence-electron chi connectivity index (χ3n) is 4.12. The molecule has 2 aromatic rings. The van der Waals surface area contributed by atoms with E-state index in [-0.39, 0.29) is 35.5 Å². The molecule has 2 rings (SSSR count). The Morgan fingerprint density at radius 3 is 2.33 bits per heavy atom. The summed E-state index contributed by atoms with van der Waals surface area (Å²) in [7, 11) is 0.166. The zero-order chi connectivity index (χ0) is 21.3. The molecule has 0 unspecified atom stereocenters. The van der Waals surface area contributed by atoms with Crippen molar-refractivity contribution in [1.29, 1.82) is 0 Å². The van der Waals surface area contributed by atoms with Crippen LogP contribution in [0.15, 0.2) is 64.5 Å². The van der Waals surface area contributed by atoms with Crippen LogP contribution in [0.5, 0.6) is 5.75 Å². The van der Waals surface area contributed by atoms with Crippen molar-refractivity contribution in [3.8, 4) is 5.75 Å². The first-order valence-corrected chi connectivity index (χ1v) is 10.7. The van der Waals surface area contributed by atoms with E-state index in [0.29, 0.717) is 30.4 Å². The molecule has 6 nitrogen and oxygen atoms in total. The van der Waals surface area contributed by atoms with Crippen molar-refractivity contribution in [3.63, 3.8) is 0 Å². The second-order valence-electron chi connectivity index (χ2n) is 6.34. The first-order valence-electron chi connectivity index (χ1n) is 9.05. The van der Waals surface area contributed by atoms with E-state index in [1.165, 1.54) is 12.1 Å². The Morgan fingerprint density at radius 2 is 1.77 bits per heavy atom. The number of hydrogen-bond donors (Lipinski definition) is 1. The van der Waals surface area contributed by atoms with Crippen molar-refractivity contribution >= 4 is 39.8 Å². The SMILES string of the molecule is CN=C(NCCCS(=O)(=O)c1ccccc1)N(C)Cc1ccc(OC(F)F)cc1.I. The van der Waals surface area contributed by atoms with Crippen LogP contribution < -0.4 is 10.1 Å². The van der Waals surface area contributed by atoms with E-state index in [0.717, 1.165) is 5.56 Å². The lowest BCUT2D eigenvalue weighted by Gasteiger charge is -2.22. The molecule has 0 spiro atoms. The van der Waals surface area contributed by atoms with Gasteiger partial charge in [0.25, 0.3) is 0 Å². The molecule has 0 heterocycles. The van der Waals surface area contributed by atoms with Crippen LogP contribution in [-0.4, -0.2) is 52.3 Å². The number of nitrogens with zero attached hydrogens (tertiary/aromatic N) is 2. The van der Waals surface area contributed by atoms with Gasteiger partial charge in [0.2, 0.25) is 0 Å².